The van der Waals surface area contributed by atoms with Gasteiger partial charge in [0.25, 0.3) is 0 Å². The number of hydrogen-bond donors (Lipinski definition) is 2. The average molecular weight is 405 g/mol. The predicted octanol–water partition coefficient (Wildman–Crippen LogP) is 2.98. The summed E-state index contributed by atoms with van der Waals surface area (Å²) in [6, 6.07) is 11.4. The largest absolute Gasteiger partial charge is 0.379 e. The van der Waals surface area contributed by atoms with E-state index in [0.717, 1.165) is 57.3 Å². The van der Waals surface area contributed by atoms with Crippen molar-refractivity contribution in [2.75, 3.05) is 46.4 Å². The van der Waals surface area contributed by atoms with E-state index in [1.165, 1.54) is 21.9 Å². The van der Waals surface area contributed by atoms with Crippen molar-refractivity contribution in [2.45, 2.75) is 19.4 Å². The van der Waals surface area contributed by atoms with Crippen molar-refractivity contribution >= 4 is 17.3 Å². The van der Waals surface area contributed by atoms with Crippen LogP contribution in [0.2, 0.25) is 0 Å². The lowest BCUT2D eigenvalue weighted by Crippen LogP contribution is -2.46. The molecule has 1 saturated heterocycles. The number of ether oxygens (including phenoxy) is 1. The molecule has 0 saturated carbocycles. The monoisotopic (exact) mass is 404 g/mol. The lowest BCUT2D eigenvalue weighted by atomic mass is 10.1. The number of nitrogens with one attached hydrogen (secondary N) is 2. The molecule has 0 aliphatic carbocycles. The molecule has 5 nitrogen and oxygen atoms in total. The van der Waals surface area contributed by atoms with Crippen LogP contribution in [-0.4, -0.2) is 57.3 Å². The van der Waals surface area contributed by atoms with Crippen molar-refractivity contribution in [3.05, 3.63) is 57.5 Å². The summed E-state index contributed by atoms with van der Waals surface area (Å²) in [7, 11) is 1.78. The van der Waals surface area contributed by atoms with Gasteiger partial charge in [0.1, 0.15) is 5.82 Å². The van der Waals surface area contributed by atoms with Crippen molar-refractivity contribution in [1.82, 2.24) is 15.5 Å². The second kappa shape index (κ2) is 10.5. The summed E-state index contributed by atoms with van der Waals surface area (Å²) < 4.78 is 18.5. The molecule has 0 radical (unpaired) electrons. The van der Waals surface area contributed by atoms with Crippen LogP contribution in [0, 0.1) is 12.7 Å². The molecule has 3 rings (SSSR count). The standard InChI is InChI=1S/C21H29FN4OS/c1-16-3-8-20(28-16)19(26-11-13-27-14-12-26)15-25-21(23-2)24-10-9-17-4-6-18(22)7-5-17/h3-8,19H,9-15H2,1-2H3,(H2,23,24,25). The quantitative estimate of drug-likeness (QED) is 0.550. The van der Waals surface area contributed by atoms with Gasteiger partial charge in [-0.05, 0) is 43.2 Å². The molecular weight excluding hydrogens is 375 g/mol. The topological polar surface area (TPSA) is 48.9 Å². The van der Waals surface area contributed by atoms with Crippen LogP contribution in [0.25, 0.3) is 0 Å². The number of aliphatic imine (C=N–C) groups is 1. The zero-order chi connectivity index (χ0) is 19.8. The molecule has 0 amide bonds. The van der Waals surface area contributed by atoms with Gasteiger partial charge in [0, 0.05) is 43.0 Å². The number of morpholine rings is 1. The number of benzene rings is 1. The number of thiophene rings is 1. The van der Waals surface area contributed by atoms with Gasteiger partial charge in [0.05, 0.1) is 19.3 Å². The van der Waals surface area contributed by atoms with Crippen LogP contribution in [0.15, 0.2) is 41.4 Å². The molecule has 2 aromatic rings. The molecule has 0 bridgehead atoms. The Kier molecular flexibility index (Phi) is 7.82. The normalized spacial score (nSPS) is 16.8. The maximum absolute atomic E-state index is 13.0. The van der Waals surface area contributed by atoms with Crippen molar-refractivity contribution in [3.63, 3.8) is 0 Å². The second-order valence-corrected chi connectivity index (χ2v) is 8.19. The first-order chi connectivity index (χ1) is 13.7. The van der Waals surface area contributed by atoms with E-state index in [2.05, 4.69) is 39.6 Å². The third-order valence-electron chi connectivity index (χ3n) is 4.88. The van der Waals surface area contributed by atoms with Crippen LogP contribution in [0.4, 0.5) is 4.39 Å². The van der Waals surface area contributed by atoms with Gasteiger partial charge in [-0.15, -0.1) is 11.3 Å². The van der Waals surface area contributed by atoms with Gasteiger partial charge in [-0.2, -0.15) is 0 Å². The molecule has 1 aliphatic rings. The fourth-order valence-electron chi connectivity index (χ4n) is 3.32. The van der Waals surface area contributed by atoms with E-state index >= 15 is 0 Å². The number of nitrogens with zero attached hydrogens (tertiary/aromatic N) is 2. The summed E-state index contributed by atoms with van der Waals surface area (Å²) in [6.07, 6.45) is 0.817. The molecular formula is C21H29FN4OS. The van der Waals surface area contributed by atoms with Crippen LogP contribution in [0.3, 0.4) is 0 Å². The van der Waals surface area contributed by atoms with Gasteiger partial charge >= 0.3 is 0 Å². The average Bonchev–Trinajstić information content (AvgIpc) is 3.15. The zero-order valence-corrected chi connectivity index (χ0v) is 17.4. The smallest absolute Gasteiger partial charge is 0.191 e. The Bertz CT molecular complexity index is 756. The van der Waals surface area contributed by atoms with Gasteiger partial charge < -0.3 is 15.4 Å². The SMILES string of the molecule is CN=C(NCCc1ccc(F)cc1)NCC(c1ccc(C)s1)N1CCOCC1. The van der Waals surface area contributed by atoms with Gasteiger partial charge in [0.2, 0.25) is 0 Å². The van der Waals surface area contributed by atoms with E-state index < -0.39 is 0 Å². The van der Waals surface area contributed by atoms with Crippen molar-refractivity contribution in [1.29, 1.82) is 0 Å². The Balaban J connectivity index is 1.53. The molecule has 1 unspecified atom stereocenters. The lowest BCUT2D eigenvalue weighted by Gasteiger charge is -2.34. The van der Waals surface area contributed by atoms with E-state index in [4.69, 9.17) is 4.74 Å². The first-order valence-electron chi connectivity index (χ1n) is 9.73. The highest BCUT2D eigenvalue weighted by Crippen LogP contribution is 2.27. The molecule has 1 atom stereocenters. The molecule has 7 heteroatoms. The van der Waals surface area contributed by atoms with Crippen LogP contribution in [0.5, 0.6) is 0 Å². The van der Waals surface area contributed by atoms with Crippen LogP contribution < -0.4 is 10.6 Å². The first-order valence-corrected chi connectivity index (χ1v) is 10.5. The van der Waals surface area contributed by atoms with E-state index in [9.17, 15) is 4.39 Å². The number of halogens is 1. The Hall–Kier alpha value is -1.96. The van der Waals surface area contributed by atoms with Crippen LogP contribution in [-0.2, 0) is 11.2 Å². The highest BCUT2D eigenvalue weighted by Gasteiger charge is 2.24. The summed E-state index contributed by atoms with van der Waals surface area (Å²) in [5, 5.41) is 6.83. The minimum absolute atomic E-state index is 0.202. The van der Waals surface area contributed by atoms with Gasteiger partial charge in [-0.3, -0.25) is 9.89 Å². The van der Waals surface area contributed by atoms with E-state index in [-0.39, 0.29) is 5.82 Å². The molecule has 0 spiro atoms. The van der Waals surface area contributed by atoms with E-state index in [1.54, 1.807) is 7.05 Å². The van der Waals surface area contributed by atoms with Gasteiger partial charge in [-0.25, -0.2) is 4.39 Å². The molecule has 1 aromatic carbocycles. The third-order valence-corrected chi connectivity index (χ3v) is 5.98. The fraction of sp³-hybridized carbons (Fsp3) is 0.476. The van der Waals surface area contributed by atoms with E-state index in [0.29, 0.717) is 6.04 Å². The number of rotatable bonds is 7. The summed E-state index contributed by atoms with van der Waals surface area (Å²) in [6.45, 7) is 7.13. The van der Waals surface area contributed by atoms with E-state index in [1.807, 2.05) is 23.5 Å². The molecule has 2 heterocycles. The number of hydrogen-bond acceptors (Lipinski definition) is 4. The van der Waals surface area contributed by atoms with Crippen molar-refractivity contribution in [2.24, 2.45) is 4.99 Å². The lowest BCUT2D eigenvalue weighted by molar-refractivity contribution is 0.0177. The Morgan fingerprint density at radius 1 is 1.18 bits per heavy atom. The molecule has 152 valence electrons. The summed E-state index contributed by atoms with van der Waals surface area (Å²) in [5.41, 5.74) is 1.10. The number of aryl methyl sites for hydroxylation is 1. The molecule has 2 N–H and O–H groups in total. The predicted molar refractivity (Wildman–Crippen MR) is 114 cm³/mol. The molecule has 1 aromatic heterocycles. The maximum Gasteiger partial charge on any atom is 0.191 e. The fourth-order valence-corrected chi connectivity index (χ4v) is 4.33. The summed E-state index contributed by atoms with van der Waals surface area (Å²) in [5.74, 6) is 0.584. The first kappa shape index (κ1) is 20.8. The Labute approximate surface area is 170 Å². The highest BCUT2D eigenvalue weighted by atomic mass is 32.1. The molecule has 1 fully saturated rings. The zero-order valence-electron chi connectivity index (χ0n) is 16.6. The minimum atomic E-state index is -0.202. The van der Waals surface area contributed by atoms with Gasteiger partial charge in [0.15, 0.2) is 5.96 Å². The summed E-state index contributed by atoms with van der Waals surface area (Å²) in [4.78, 5) is 9.52. The van der Waals surface area contributed by atoms with Crippen molar-refractivity contribution in [3.8, 4) is 0 Å². The maximum atomic E-state index is 13.0. The Morgan fingerprint density at radius 2 is 1.93 bits per heavy atom. The second-order valence-electron chi connectivity index (χ2n) is 6.87. The minimum Gasteiger partial charge on any atom is -0.379 e. The highest BCUT2D eigenvalue weighted by molar-refractivity contribution is 7.12. The molecule has 1 aliphatic heterocycles. The number of guanidine groups is 1. The summed E-state index contributed by atoms with van der Waals surface area (Å²) >= 11 is 1.85. The van der Waals surface area contributed by atoms with Gasteiger partial charge in [-0.1, -0.05) is 12.1 Å². The van der Waals surface area contributed by atoms with Crippen molar-refractivity contribution < 1.29 is 9.13 Å². The third kappa shape index (κ3) is 6.02. The van der Waals surface area contributed by atoms with Crippen LogP contribution >= 0.6 is 11.3 Å². The van der Waals surface area contributed by atoms with Crippen LogP contribution in [0.1, 0.15) is 21.4 Å². The molecule has 28 heavy (non-hydrogen) atoms. The Morgan fingerprint density at radius 3 is 2.57 bits per heavy atom.